The molecular formula is C24H31NO6. The quantitative estimate of drug-likeness (QED) is 0.718. The van der Waals surface area contributed by atoms with Gasteiger partial charge in [0, 0.05) is 32.4 Å². The monoisotopic (exact) mass is 429 g/mol. The molecule has 2 saturated carbocycles. The second-order valence-corrected chi connectivity index (χ2v) is 10.4. The highest BCUT2D eigenvalue weighted by molar-refractivity contribution is 5.64. The minimum absolute atomic E-state index is 0.203. The lowest BCUT2D eigenvalue weighted by molar-refractivity contribution is -0.524. The molecule has 1 N–H and O–H groups in total. The molecule has 7 aliphatic rings. The fourth-order valence-corrected chi connectivity index (χ4v) is 7.99. The Bertz CT molecular complexity index is 960. The van der Waals surface area contributed by atoms with Gasteiger partial charge in [0.25, 0.3) is 0 Å². The fraction of sp³-hybridized carbons (Fsp3) is 0.750. The summed E-state index contributed by atoms with van der Waals surface area (Å²) >= 11 is 0. The van der Waals surface area contributed by atoms with Crippen LogP contribution in [0.2, 0.25) is 0 Å². The van der Waals surface area contributed by atoms with Crippen molar-refractivity contribution in [2.24, 2.45) is 5.92 Å². The zero-order valence-corrected chi connectivity index (χ0v) is 18.5. The number of nitrogens with zero attached hydrogens (tertiary/aromatic N) is 1. The minimum Gasteiger partial charge on any atom is -0.493 e. The van der Waals surface area contributed by atoms with E-state index in [1.54, 1.807) is 21.3 Å². The molecule has 1 aromatic rings. The molecular weight excluding hydrogens is 398 g/mol. The first-order valence-corrected chi connectivity index (χ1v) is 11.6. The van der Waals surface area contributed by atoms with Crippen LogP contribution < -0.4 is 9.47 Å². The summed E-state index contributed by atoms with van der Waals surface area (Å²) in [5.74, 6) is 0.746. The van der Waals surface area contributed by atoms with Gasteiger partial charge in [-0.3, -0.25) is 4.90 Å². The molecule has 0 radical (unpaired) electrons. The number of aliphatic hydroxyl groups is 1. The van der Waals surface area contributed by atoms with Gasteiger partial charge in [-0.25, -0.2) is 0 Å². The number of rotatable bonds is 5. The van der Waals surface area contributed by atoms with Crippen LogP contribution in [0.5, 0.6) is 11.5 Å². The highest BCUT2D eigenvalue weighted by Gasteiger charge is 2.86. The van der Waals surface area contributed by atoms with Crippen molar-refractivity contribution in [1.29, 1.82) is 0 Å². The summed E-state index contributed by atoms with van der Waals surface area (Å²) in [7, 11) is 4.79. The van der Waals surface area contributed by atoms with Gasteiger partial charge in [-0.05, 0) is 62.6 Å². The van der Waals surface area contributed by atoms with E-state index in [0.717, 1.165) is 49.8 Å². The number of benzene rings is 1. The van der Waals surface area contributed by atoms with Crippen molar-refractivity contribution in [3.63, 3.8) is 0 Å². The zero-order valence-electron chi connectivity index (χ0n) is 18.5. The molecule has 4 bridgehead atoms. The van der Waals surface area contributed by atoms with E-state index in [1.165, 1.54) is 24.0 Å². The fourth-order valence-electron chi connectivity index (χ4n) is 7.99. The van der Waals surface area contributed by atoms with E-state index >= 15 is 0 Å². The maximum absolute atomic E-state index is 12.1. The standard InChI is InChI=1S/C24H31NO6/c1-27-16-7-6-15-12-17-23-9-8-22(26,24(28-2,29-3)31-23)20-21(23,18(15)19(16)30-20)10-11-25(17)13-14-4-5-14/h6-7,14,17,20,26H,4-5,8-13H2,1-3H3/t17-,20-,21+,22?,23-/m1/s1. The van der Waals surface area contributed by atoms with E-state index in [2.05, 4.69) is 11.0 Å². The van der Waals surface area contributed by atoms with E-state index < -0.39 is 28.7 Å². The largest absolute Gasteiger partial charge is 0.493 e. The Morgan fingerprint density at radius 2 is 1.94 bits per heavy atom. The van der Waals surface area contributed by atoms with Crippen molar-refractivity contribution < 1.29 is 28.8 Å². The molecule has 5 atom stereocenters. The maximum Gasteiger partial charge on any atom is 0.317 e. The molecule has 4 aliphatic heterocycles. The van der Waals surface area contributed by atoms with Crippen molar-refractivity contribution in [1.82, 2.24) is 4.90 Å². The summed E-state index contributed by atoms with van der Waals surface area (Å²) in [4.78, 5) is 2.65. The van der Waals surface area contributed by atoms with Gasteiger partial charge in [0.1, 0.15) is 11.7 Å². The van der Waals surface area contributed by atoms with E-state index in [9.17, 15) is 5.11 Å². The van der Waals surface area contributed by atoms with Gasteiger partial charge in [-0.15, -0.1) is 0 Å². The van der Waals surface area contributed by atoms with Crippen LogP contribution in [0, 0.1) is 5.92 Å². The molecule has 8 rings (SSSR count). The third kappa shape index (κ3) is 1.89. The topological polar surface area (TPSA) is 69.6 Å². The number of hydrogen-bond acceptors (Lipinski definition) is 7. The van der Waals surface area contributed by atoms with Gasteiger partial charge >= 0.3 is 5.97 Å². The lowest BCUT2D eigenvalue weighted by Crippen LogP contribution is -2.89. The van der Waals surface area contributed by atoms with E-state index in [4.69, 9.17) is 23.7 Å². The SMILES string of the molecule is COc1ccc2c3c1O[C@H]1C4(O)CC[C@@]5(OC4(OC)OC)[C@@H](C2)N(CC2CC2)CC[C@]315. The Hall–Kier alpha value is -1.38. The van der Waals surface area contributed by atoms with Crippen LogP contribution in [0.15, 0.2) is 12.1 Å². The first-order valence-electron chi connectivity index (χ1n) is 11.6. The highest BCUT2D eigenvalue weighted by Crippen LogP contribution is 2.73. The van der Waals surface area contributed by atoms with Crippen LogP contribution in [0.1, 0.15) is 43.2 Å². The lowest BCUT2D eigenvalue weighted by atomic mass is 9.44. The van der Waals surface area contributed by atoms with Crippen LogP contribution in [0.3, 0.4) is 0 Å². The van der Waals surface area contributed by atoms with Crippen LogP contribution in [0.25, 0.3) is 0 Å². The Morgan fingerprint density at radius 1 is 1.13 bits per heavy atom. The van der Waals surface area contributed by atoms with Crippen molar-refractivity contribution in [2.75, 3.05) is 34.4 Å². The predicted octanol–water partition coefficient (Wildman–Crippen LogP) is 1.97. The Kier molecular flexibility index (Phi) is 3.55. The average Bonchev–Trinajstić information content (AvgIpc) is 3.53. The number of methoxy groups -OCH3 is 3. The molecule has 0 amide bonds. The summed E-state index contributed by atoms with van der Waals surface area (Å²) in [5.41, 5.74) is 0.113. The summed E-state index contributed by atoms with van der Waals surface area (Å²) in [6.45, 7) is 2.11. The molecule has 31 heavy (non-hydrogen) atoms. The van der Waals surface area contributed by atoms with E-state index in [-0.39, 0.29) is 6.04 Å². The Balaban J connectivity index is 1.50. The smallest absolute Gasteiger partial charge is 0.317 e. The van der Waals surface area contributed by atoms with Crippen molar-refractivity contribution in [2.45, 2.75) is 73.3 Å². The normalized spacial score (nSPS) is 43.5. The van der Waals surface area contributed by atoms with Gasteiger partial charge in [-0.1, -0.05) is 6.07 Å². The molecule has 3 saturated heterocycles. The average molecular weight is 430 g/mol. The molecule has 1 unspecified atom stereocenters. The van der Waals surface area contributed by atoms with Gasteiger partial charge in [0.05, 0.1) is 12.5 Å². The molecule has 5 fully saturated rings. The van der Waals surface area contributed by atoms with Gasteiger partial charge < -0.3 is 28.8 Å². The zero-order chi connectivity index (χ0) is 21.2. The van der Waals surface area contributed by atoms with Gasteiger partial charge in [-0.2, -0.15) is 0 Å². The number of ether oxygens (including phenoxy) is 5. The second-order valence-electron chi connectivity index (χ2n) is 10.4. The second kappa shape index (κ2) is 5.75. The Labute approximate surface area is 182 Å². The molecule has 3 aliphatic carbocycles. The van der Waals surface area contributed by atoms with Crippen LogP contribution >= 0.6 is 0 Å². The van der Waals surface area contributed by atoms with E-state index in [0.29, 0.717) is 6.42 Å². The molecule has 1 aromatic carbocycles. The molecule has 0 aromatic heterocycles. The van der Waals surface area contributed by atoms with Crippen LogP contribution in [-0.2, 0) is 26.0 Å². The molecule has 4 heterocycles. The first kappa shape index (κ1) is 19.1. The van der Waals surface area contributed by atoms with Crippen molar-refractivity contribution in [3.05, 3.63) is 23.3 Å². The Morgan fingerprint density at radius 3 is 2.65 bits per heavy atom. The summed E-state index contributed by atoms with van der Waals surface area (Å²) in [5, 5.41) is 12.1. The molecule has 168 valence electrons. The minimum atomic E-state index is -1.55. The first-order chi connectivity index (χ1) is 15.0. The van der Waals surface area contributed by atoms with Gasteiger partial charge in [0.2, 0.25) is 0 Å². The molecule has 7 nitrogen and oxygen atoms in total. The molecule has 7 heteroatoms. The molecule has 2 spiro atoms. The number of hydrogen-bond donors (Lipinski definition) is 1. The van der Waals surface area contributed by atoms with Crippen molar-refractivity contribution in [3.8, 4) is 11.5 Å². The summed E-state index contributed by atoms with van der Waals surface area (Å²) in [6, 6.07) is 4.40. The predicted molar refractivity (Wildman–Crippen MR) is 110 cm³/mol. The highest BCUT2D eigenvalue weighted by atomic mass is 16.9. The van der Waals surface area contributed by atoms with Crippen LogP contribution in [0.4, 0.5) is 0 Å². The number of likely N-dealkylation sites (tertiary alicyclic amines) is 1. The lowest BCUT2D eigenvalue weighted by Gasteiger charge is -2.73. The van der Waals surface area contributed by atoms with Crippen LogP contribution in [-0.4, -0.2) is 73.7 Å². The number of fused-ring (bicyclic) bond motifs is 2. The maximum atomic E-state index is 12.1. The summed E-state index contributed by atoms with van der Waals surface area (Å²) in [6.07, 6.45) is 5.22. The van der Waals surface area contributed by atoms with E-state index in [1.807, 2.05) is 6.07 Å². The summed E-state index contributed by atoms with van der Waals surface area (Å²) < 4.78 is 31.0. The van der Waals surface area contributed by atoms with Crippen molar-refractivity contribution >= 4 is 0 Å². The third-order valence-electron chi connectivity index (χ3n) is 9.38. The van der Waals surface area contributed by atoms with Gasteiger partial charge in [0.15, 0.2) is 17.1 Å². The number of piperidine rings is 1. The third-order valence-corrected chi connectivity index (χ3v) is 9.38.